The van der Waals surface area contributed by atoms with E-state index in [0.29, 0.717) is 5.92 Å². The van der Waals surface area contributed by atoms with Gasteiger partial charge in [0, 0.05) is 33.3 Å². The summed E-state index contributed by atoms with van der Waals surface area (Å²) in [6, 6.07) is 97.6. The Labute approximate surface area is 428 Å². The number of aromatic nitrogens is 1. The monoisotopic (exact) mass is 934 g/mol. The first-order valence-corrected chi connectivity index (χ1v) is 26.2. The lowest BCUT2D eigenvalue weighted by Crippen LogP contribution is -2.28. The molecule has 0 atom stereocenters. The molecule has 0 radical (unpaired) electrons. The second kappa shape index (κ2) is 17.8. The van der Waals surface area contributed by atoms with Crippen LogP contribution >= 0.6 is 0 Å². The molecule has 0 saturated heterocycles. The van der Waals surface area contributed by atoms with E-state index >= 15 is 0 Å². The van der Waals surface area contributed by atoms with Crippen molar-refractivity contribution in [2.24, 2.45) is 0 Å². The van der Waals surface area contributed by atoms with Gasteiger partial charge in [-0.3, -0.25) is 0 Å². The molecule has 14 rings (SSSR count). The lowest BCUT2D eigenvalue weighted by Gasteiger charge is -2.34. The fourth-order valence-corrected chi connectivity index (χ4v) is 13.1. The van der Waals surface area contributed by atoms with E-state index < -0.39 is 5.41 Å². The van der Waals surface area contributed by atoms with Gasteiger partial charge in [-0.05, 0) is 128 Å². The van der Waals surface area contributed by atoms with Crippen molar-refractivity contribution in [1.29, 1.82) is 0 Å². The van der Waals surface area contributed by atoms with Crippen LogP contribution in [-0.4, -0.2) is 4.57 Å². The van der Waals surface area contributed by atoms with E-state index in [-0.39, 0.29) is 0 Å². The first-order chi connectivity index (χ1) is 36.3. The molecule has 0 amide bonds. The molecular formula is C71H54N2. The van der Waals surface area contributed by atoms with Gasteiger partial charge < -0.3 is 9.47 Å². The molecular weight excluding hydrogens is 881 g/mol. The third-order valence-electron chi connectivity index (χ3n) is 16.2. The lowest BCUT2D eigenvalue weighted by atomic mass is 9.68. The molecule has 348 valence electrons. The second-order valence-electron chi connectivity index (χ2n) is 20.1. The third-order valence-corrected chi connectivity index (χ3v) is 16.2. The lowest BCUT2D eigenvalue weighted by molar-refractivity contribution is 0.445. The highest BCUT2D eigenvalue weighted by molar-refractivity contribution is 6.11. The molecule has 2 nitrogen and oxygen atoms in total. The minimum atomic E-state index is -0.547. The minimum absolute atomic E-state index is 0.547. The number of para-hydroxylation sites is 3. The number of benzene rings is 11. The molecule has 1 heterocycles. The van der Waals surface area contributed by atoms with Crippen molar-refractivity contribution >= 4 is 49.6 Å². The Bertz CT molecular complexity index is 3970. The van der Waals surface area contributed by atoms with E-state index in [1.54, 1.807) is 0 Å². The van der Waals surface area contributed by atoms with Gasteiger partial charge in [0.15, 0.2) is 0 Å². The normalized spacial score (nSPS) is 14.1. The van der Waals surface area contributed by atoms with Crippen molar-refractivity contribution < 1.29 is 0 Å². The predicted molar refractivity (Wildman–Crippen MR) is 307 cm³/mol. The smallest absolute Gasteiger partial charge is 0.0714 e. The summed E-state index contributed by atoms with van der Waals surface area (Å²) in [7, 11) is 0. The summed E-state index contributed by atoms with van der Waals surface area (Å²) < 4.78 is 2.42. The Balaban J connectivity index is 1.04. The fraction of sp³-hybridized carbons (Fsp3) is 0.0986. The molecule has 12 aromatic rings. The molecule has 1 fully saturated rings. The Morgan fingerprint density at radius 1 is 0.397 bits per heavy atom. The van der Waals surface area contributed by atoms with Gasteiger partial charge in [0.25, 0.3) is 0 Å². The first-order valence-electron chi connectivity index (χ1n) is 26.2. The fourth-order valence-electron chi connectivity index (χ4n) is 13.1. The second-order valence-corrected chi connectivity index (χ2v) is 20.1. The Morgan fingerprint density at radius 2 is 0.986 bits per heavy atom. The first kappa shape index (κ1) is 43.1. The molecule has 0 unspecified atom stereocenters. The highest BCUT2D eigenvalue weighted by atomic mass is 15.1. The summed E-state index contributed by atoms with van der Waals surface area (Å²) in [5.41, 5.74) is 20.3. The van der Waals surface area contributed by atoms with Crippen LogP contribution < -0.4 is 4.90 Å². The van der Waals surface area contributed by atoms with Gasteiger partial charge in [-0.2, -0.15) is 0 Å². The maximum absolute atomic E-state index is 2.59. The van der Waals surface area contributed by atoms with Crippen molar-refractivity contribution in [2.45, 2.75) is 43.4 Å². The SMILES string of the molecule is c1ccc(-n2c3ccccc3c3ccc(-c4cccc(N(c5ccccc5-c5cccc6cccc(C7CCCCC7)c56)c5cccc6c5-c5ccccc5C6(c5ccccc5)c5ccccc5)c4)cc32)cc1. The van der Waals surface area contributed by atoms with Crippen molar-refractivity contribution in [1.82, 2.24) is 4.57 Å². The van der Waals surface area contributed by atoms with Crippen LogP contribution in [0.1, 0.15) is 65.8 Å². The van der Waals surface area contributed by atoms with Gasteiger partial charge >= 0.3 is 0 Å². The highest BCUT2D eigenvalue weighted by Crippen LogP contribution is 2.60. The summed E-state index contributed by atoms with van der Waals surface area (Å²) in [5, 5.41) is 5.19. The molecule has 73 heavy (non-hydrogen) atoms. The van der Waals surface area contributed by atoms with E-state index in [0.717, 1.165) is 28.3 Å². The van der Waals surface area contributed by atoms with E-state index in [1.165, 1.54) is 120 Å². The predicted octanol–water partition coefficient (Wildman–Crippen LogP) is 19.2. The molecule has 2 heteroatoms. The van der Waals surface area contributed by atoms with E-state index in [9.17, 15) is 0 Å². The van der Waals surface area contributed by atoms with Crippen molar-refractivity contribution in [2.75, 3.05) is 4.90 Å². The summed E-state index contributed by atoms with van der Waals surface area (Å²) in [6.07, 6.45) is 6.40. The van der Waals surface area contributed by atoms with Gasteiger partial charge in [0.05, 0.1) is 27.8 Å². The summed E-state index contributed by atoms with van der Waals surface area (Å²) >= 11 is 0. The number of rotatable bonds is 9. The molecule has 0 N–H and O–H groups in total. The summed E-state index contributed by atoms with van der Waals surface area (Å²) in [5.74, 6) is 0.550. The number of hydrogen-bond acceptors (Lipinski definition) is 1. The topological polar surface area (TPSA) is 8.17 Å². The van der Waals surface area contributed by atoms with Crippen LogP contribution in [0.25, 0.3) is 71.6 Å². The molecule has 0 bridgehead atoms. The molecule has 11 aromatic carbocycles. The Kier molecular flexibility index (Phi) is 10.5. The van der Waals surface area contributed by atoms with E-state index in [2.05, 4.69) is 270 Å². The van der Waals surface area contributed by atoms with Crippen LogP contribution in [0, 0.1) is 0 Å². The zero-order chi connectivity index (χ0) is 48.3. The zero-order valence-electron chi connectivity index (χ0n) is 40.8. The maximum Gasteiger partial charge on any atom is 0.0714 e. The van der Waals surface area contributed by atoms with E-state index in [4.69, 9.17) is 0 Å². The van der Waals surface area contributed by atoms with Gasteiger partial charge in [-0.25, -0.2) is 0 Å². The van der Waals surface area contributed by atoms with Gasteiger partial charge in [0.2, 0.25) is 0 Å². The van der Waals surface area contributed by atoms with Gasteiger partial charge in [-0.1, -0.05) is 232 Å². The van der Waals surface area contributed by atoms with Gasteiger partial charge in [-0.15, -0.1) is 0 Å². The van der Waals surface area contributed by atoms with Crippen molar-refractivity contribution in [3.63, 3.8) is 0 Å². The van der Waals surface area contributed by atoms with Crippen molar-refractivity contribution in [3.05, 3.63) is 289 Å². The number of nitrogens with zero attached hydrogens (tertiary/aromatic N) is 2. The van der Waals surface area contributed by atoms with Crippen LogP contribution in [0.2, 0.25) is 0 Å². The molecule has 1 saturated carbocycles. The Morgan fingerprint density at radius 3 is 1.78 bits per heavy atom. The summed E-state index contributed by atoms with van der Waals surface area (Å²) in [6.45, 7) is 0. The van der Waals surface area contributed by atoms with Crippen LogP contribution in [0.5, 0.6) is 0 Å². The van der Waals surface area contributed by atoms with Crippen LogP contribution in [0.3, 0.4) is 0 Å². The quantitative estimate of drug-likeness (QED) is 0.140. The average Bonchev–Trinajstić information content (AvgIpc) is 3.97. The van der Waals surface area contributed by atoms with Crippen LogP contribution in [0.4, 0.5) is 17.1 Å². The summed E-state index contributed by atoms with van der Waals surface area (Å²) in [4.78, 5) is 2.59. The van der Waals surface area contributed by atoms with Crippen LogP contribution in [-0.2, 0) is 5.41 Å². The number of fused-ring (bicyclic) bond motifs is 7. The van der Waals surface area contributed by atoms with E-state index in [1.807, 2.05) is 0 Å². The largest absolute Gasteiger partial charge is 0.309 e. The highest BCUT2D eigenvalue weighted by Gasteiger charge is 2.47. The standard InChI is InChI=1S/C71H54N2/c1-5-23-49(24-6-1)57-38-20-25-50-26-21-39-61(69(50)57)59-36-15-18-43-66(59)73(56-34-19-27-51(47-56)52-45-46-60-58-35-14-17-42-65(58)72(68(60)48-52)55-32-11-4-12-33-55)67-44-22-41-64-70(67)62-37-13-16-40-63(62)71(64,53-28-7-2-8-29-53)54-30-9-3-10-31-54/h2-4,7-22,25-49H,1,5-6,23-24H2. The van der Waals surface area contributed by atoms with Gasteiger partial charge in [0.1, 0.15) is 0 Å². The van der Waals surface area contributed by atoms with Crippen molar-refractivity contribution in [3.8, 4) is 39.1 Å². The molecule has 2 aliphatic rings. The average molecular weight is 935 g/mol. The zero-order valence-corrected chi connectivity index (χ0v) is 40.8. The molecule has 1 aromatic heterocycles. The maximum atomic E-state index is 2.59. The molecule has 2 aliphatic carbocycles. The van der Waals surface area contributed by atoms with Crippen LogP contribution in [0.15, 0.2) is 261 Å². The molecule has 0 aliphatic heterocycles. The number of hydrogen-bond donors (Lipinski definition) is 0. The third kappa shape index (κ3) is 6.92. The molecule has 0 spiro atoms. The Hall–Kier alpha value is -8.72. The number of anilines is 3. The minimum Gasteiger partial charge on any atom is -0.309 e.